The van der Waals surface area contributed by atoms with Gasteiger partial charge in [0.05, 0.1) is 0 Å². The Morgan fingerprint density at radius 1 is 1.35 bits per heavy atom. The Morgan fingerprint density at radius 3 is 2.47 bits per heavy atom. The highest BCUT2D eigenvalue weighted by Gasteiger charge is 2.28. The summed E-state index contributed by atoms with van der Waals surface area (Å²) in [5.41, 5.74) is 3.13. The first-order valence-corrected chi connectivity index (χ1v) is 5.12. The molecule has 0 amide bonds. The van der Waals surface area contributed by atoms with E-state index in [0.29, 0.717) is 11.1 Å². The lowest BCUT2D eigenvalue weighted by atomic mass is 10.0. The highest BCUT2D eigenvalue weighted by atomic mass is 19.4. The minimum Gasteiger partial charge on any atom is -0.271 e. The lowest BCUT2D eigenvalue weighted by Crippen LogP contribution is -2.29. The van der Waals surface area contributed by atoms with E-state index in [1.807, 2.05) is 0 Å². The molecule has 0 aromatic heterocycles. The third-order valence-corrected chi connectivity index (χ3v) is 2.52. The second kappa shape index (κ2) is 5.46. The van der Waals surface area contributed by atoms with E-state index in [0.717, 1.165) is 0 Å². The monoisotopic (exact) mass is 250 g/mol. The minimum atomic E-state index is -4.24. The summed E-state index contributed by atoms with van der Waals surface area (Å²) in [7, 11) is 0. The van der Waals surface area contributed by atoms with Gasteiger partial charge in [-0.2, -0.15) is 13.2 Å². The van der Waals surface area contributed by atoms with Gasteiger partial charge in [-0.15, -0.1) is 0 Å². The molecule has 1 atom stereocenters. The molecule has 0 saturated carbocycles. The summed E-state index contributed by atoms with van der Waals surface area (Å²) in [6, 6.07) is 3.59. The van der Waals surface area contributed by atoms with Gasteiger partial charge in [0.1, 0.15) is 5.82 Å². The van der Waals surface area contributed by atoms with Crippen molar-refractivity contribution in [1.29, 1.82) is 0 Å². The molecular weight excluding hydrogens is 236 g/mol. The third-order valence-electron chi connectivity index (χ3n) is 2.52. The van der Waals surface area contributed by atoms with E-state index < -0.39 is 24.5 Å². The van der Waals surface area contributed by atoms with Crippen LogP contribution in [0.1, 0.15) is 30.0 Å². The van der Waals surface area contributed by atoms with Crippen molar-refractivity contribution in [3.63, 3.8) is 0 Å². The first-order chi connectivity index (χ1) is 7.83. The Bertz CT molecular complexity index is 376. The number of hydrogen-bond donors (Lipinski definition) is 2. The van der Waals surface area contributed by atoms with Gasteiger partial charge in [-0.05, 0) is 30.5 Å². The second-order valence-electron chi connectivity index (χ2n) is 3.88. The summed E-state index contributed by atoms with van der Waals surface area (Å²) < 4.78 is 49.5. The largest absolute Gasteiger partial charge is 0.389 e. The normalized spacial score (nSPS) is 13.8. The molecular formula is C11H14F4N2. The first-order valence-electron chi connectivity index (χ1n) is 5.12. The van der Waals surface area contributed by atoms with Gasteiger partial charge >= 0.3 is 6.18 Å². The number of rotatable bonds is 4. The molecule has 0 heterocycles. The van der Waals surface area contributed by atoms with E-state index in [9.17, 15) is 17.6 Å². The molecule has 1 rings (SSSR count). The molecule has 6 heteroatoms. The highest BCUT2D eigenvalue weighted by Crippen LogP contribution is 2.27. The standard InChI is InChI=1S/C11H14F4N2/c1-7-2-3-8(6-9(7)12)10(17-16)4-5-11(13,14)15/h2-3,6,10,17H,4-5,16H2,1H3. The summed E-state index contributed by atoms with van der Waals surface area (Å²) in [4.78, 5) is 0. The maximum atomic E-state index is 13.3. The van der Waals surface area contributed by atoms with Gasteiger partial charge in [0.2, 0.25) is 0 Å². The number of benzene rings is 1. The predicted octanol–water partition coefficient (Wildman–Crippen LogP) is 2.98. The topological polar surface area (TPSA) is 38.0 Å². The van der Waals surface area contributed by atoms with E-state index >= 15 is 0 Å². The van der Waals surface area contributed by atoms with Gasteiger partial charge in [0.25, 0.3) is 0 Å². The molecule has 17 heavy (non-hydrogen) atoms. The fourth-order valence-corrected chi connectivity index (χ4v) is 1.48. The van der Waals surface area contributed by atoms with Crippen molar-refractivity contribution in [1.82, 2.24) is 5.43 Å². The van der Waals surface area contributed by atoms with Crippen LogP contribution in [0.25, 0.3) is 0 Å². The van der Waals surface area contributed by atoms with Gasteiger partial charge in [-0.3, -0.25) is 11.3 Å². The average Bonchev–Trinajstić information content (AvgIpc) is 2.22. The van der Waals surface area contributed by atoms with Crippen LogP contribution >= 0.6 is 0 Å². The van der Waals surface area contributed by atoms with Crippen molar-refractivity contribution < 1.29 is 17.6 Å². The fraction of sp³-hybridized carbons (Fsp3) is 0.455. The molecule has 0 spiro atoms. The van der Waals surface area contributed by atoms with Crippen LogP contribution in [0.2, 0.25) is 0 Å². The summed E-state index contributed by atoms with van der Waals surface area (Å²) >= 11 is 0. The number of hydrogen-bond acceptors (Lipinski definition) is 2. The Labute approximate surface area is 96.8 Å². The van der Waals surface area contributed by atoms with Crippen molar-refractivity contribution in [2.75, 3.05) is 0 Å². The van der Waals surface area contributed by atoms with Crippen LogP contribution in [0.4, 0.5) is 17.6 Å². The number of nitrogens with one attached hydrogen (secondary N) is 1. The van der Waals surface area contributed by atoms with Crippen molar-refractivity contribution >= 4 is 0 Å². The van der Waals surface area contributed by atoms with Crippen LogP contribution in [-0.4, -0.2) is 6.18 Å². The highest BCUT2D eigenvalue weighted by molar-refractivity contribution is 5.25. The maximum Gasteiger partial charge on any atom is 0.389 e. The zero-order valence-electron chi connectivity index (χ0n) is 9.31. The van der Waals surface area contributed by atoms with Gasteiger partial charge in [0, 0.05) is 12.5 Å². The molecule has 0 bridgehead atoms. The molecule has 1 unspecified atom stereocenters. The molecule has 0 saturated heterocycles. The molecule has 0 aliphatic carbocycles. The van der Waals surface area contributed by atoms with Gasteiger partial charge in [-0.1, -0.05) is 12.1 Å². The minimum absolute atomic E-state index is 0.220. The van der Waals surface area contributed by atoms with Crippen molar-refractivity contribution in [3.8, 4) is 0 Å². The number of hydrazine groups is 1. The van der Waals surface area contributed by atoms with Gasteiger partial charge < -0.3 is 0 Å². The summed E-state index contributed by atoms with van der Waals surface area (Å²) in [6.45, 7) is 1.58. The number of nitrogens with two attached hydrogens (primary N) is 1. The summed E-state index contributed by atoms with van der Waals surface area (Å²) in [5.74, 6) is 4.73. The van der Waals surface area contributed by atoms with Gasteiger partial charge in [-0.25, -0.2) is 4.39 Å². The second-order valence-corrected chi connectivity index (χ2v) is 3.88. The van der Waals surface area contributed by atoms with Crippen LogP contribution < -0.4 is 11.3 Å². The van der Waals surface area contributed by atoms with E-state index in [-0.39, 0.29) is 6.42 Å². The Hall–Kier alpha value is -1.14. The van der Waals surface area contributed by atoms with Gasteiger partial charge in [0.15, 0.2) is 0 Å². The number of aryl methyl sites for hydroxylation is 1. The maximum absolute atomic E-state index is 13.3. The Morgan fingerprint density at radius 2 is 2.00 bits per heavy atom. The molecule has 1 aromatic rings. The molecule has 0 aliphatic heterocycles. The zero-order valence-corrected chi connectivity index (χ0v) is 9.31. The lowest BCUT2D eigenvalue weighted by Gasteiger charge is -2.17. The summed E-state index contributed by atoms with van der Waals surface area (Å²) in [6.07, 6.45) is -5.42. The average molecular weight is 250 g/mol. The fourth-order valence-electron chi connectivity index (χ4n) is 1.48. The molecule has 3 N–H and O–H groups in total. The van der Waals surface area contributed by atoms with Crippen LogP contribution in [0.3, 0.4) is 0 Å². The van der Waals surface area contributed by atoms with Crippen LogP contribution in [0.5, 0.6) is 0 Å². The third kappa shape index (κ3) is 4.32. The van der Waals surface area contributed by atoms with Crippen LogP contribution in [0, 0.1) is 12.7 Å². The first kappa shape index (κ1) is 13.9. The lowest BCUT2D eigenvalue weighted by molar-refractivity contribution is -0.136. The zero-order chi connectivity index (χ0) is 13.1. The smallest absolute Gasteiger partial charge is 0.271 e. The van der Waals surface area contributed by atoms with Crippen molar-refractivity contribution in [2.24, 2.45) is 5.84 Å². The predicted molar refractivity (Wildman–Crippen MR) is 56.5 cm³/mol. The molecule has 96 valence electrons. The molecule has 0 radical (unpaired) electrons. The molecule has 0 fully saturated rings. The SMILES string of the molecule is Cc1ccc(C(CCC(F)(F)F)NN)cc1F. The quantitative estimate of drug-likeness (QED) is 0.490. The molecule has 0 aliphatic rings. The Balaban J connectivity index is 2.76. The van der Waals surface area contributed by atoms with Crippen LogP contribution in [-0.2, 0) is 0 Å². The van der Waals surface area contributed by atoms with Crippen molar-refractivity contribution in [3.05, 3.63) is 35.1 Å². The van der Waals surface area contributed by atoms with E-state index in [2.05, 4.69) is 5.43 Å². The number of alkyl halides is 3. The number of halogens is 4. The van der Waals surface area contributed by atoms with E-state index in [1.165, 1.54) is 12.1 Å². The van der Waals surface area contributed by atoms with E-state index in [4.69, 9.17) is 5.84 Å². The Kier molecular flexibility index (Phi) is 4.47. The van der Waals surface area contributed by atoms with E-state index in [1.54, 1.807) is 13.0 Å². The molecule has 2 nitrogen and oxygen atoms in total. The van der Waals surface area contributed by atoms with Crippen LogP contribution in [0.15, 0.2) is 18.2 Å². The molecule has 1 aromatic carbocycles. The van der Waals surface area contributed by atoms with Crippen molar-refractivity contribution in [2.45, 2.75) is 32.0 Å². The summed E-state index contributed by atoms with van der Waals surface area (Å²) in [5, 5.41) is 0.